The second-order valence-corrected chi connectivity index (χ2v) is 9.26. The third-order valence-corrected chi connectivity index (χ3v) is 6.78. The molecule has 184 valence electrons. The third-order valence-electron chi connectivity index (χ3n) is 6.78. The van der Waals surface area contributed by atoms with Crippen LogP contribution < -0.4 is 14.5 Å². The molecule has 0 saturated carbocycles. The molecule has 0 bridgehead atoms. The minimum atomic E-state index is -0.895. The van der Waals surface area contributed by atoms with E-state index < -0.39 is 5.97 Å². The molecule has 2 aromatic carbocycles. The fourth-order valence-electron chi connectivity index (χ4n) is 4.80. The van der Waals surface area contributed by atoms with Crippen LogP contribution in [0.5, 0.6) is 5.75 Å². The Kier molecular flexibility index (Phi) is 6.85. The molecule has 0 unspecified atom stereocenters. The molecule has 0 amide bonds. The van der Waals surface area contributed by atoms with Crippen LogP contribution in [0.1, 0.15) is 22.3 Å². The van der Waals surface area contributed by atoms with Crippen molar-refractivity contribution in [2.75, 3.05) is 49.2 Å². The number of benzene rings is 2. The van der Waals surface area contributed by atoms with Crippen molar-refractivity contribution in [3.05, 3.63) is 66.2 Å². The molecule has 2 saturated heterocycles. The molecule has 9 nitrogen and oxygen atoms in total. The van der Waals surface area contributed by atoms with Gasteiger partial charge in [0.2, 0.25) is 0 Å². The molecular weight excluding hydrogens is 446 g/mol. The van der Waals surface area contributed by atoms with Crippen molar-refractivity contribution in [1.82, 2.24) is 14.8 Å². The number of carboxylic acid groups (broad SMARTS) is 1. The fraction of sp³-hybridized carbons (Fsp3) is 0.423. The van der Waals surface area contributed by atoms with Crippen LogP contribution in [0.15, 0.2) is 55.1 Å². The van der Waals surface area contributed by atoms with E-state index in [1.165, 1.54) is 5.69 Å². The summed E-state index contributed by atoms with van der Waals surface area (Å²) in [7, 11) is 0. The van der Waals surface area contributed by atoms with Crippen LogP contribution in [0.25, 0.3) is 0 Å². The van der Waals surface area contributed by atoms with Crippen LogP contribution in [-0.2, 0) is 11.3 Å². The van der Waals surface area contributed by atoms with Gasteiger partial charge >= 0.3 is 5.97 Å². The zero-order chi connectivity index (χ0) is 24.2. The van der Waals surface area contributed by atoms with Crippen molar-refractivity contribution >= 4 is 17.3 Å². The van der Waals surface area contributed by atoms with Gasteiger partial charge in [0.1, 0.15) is 18.4 Å². The summed E-state index contributed by atoms with van der Waals surface area (Å²) in [6.07, 6.45) is 4.38. The molecule has 2 atom stereocenters. The third kappa shape index (κ3) is 5.57. The van der Waals surface area contributed by atoms with Crippen molar-refractivity contribution in [3.63, 3.8) is 0 Å². The lowest BCUT2D eigenvalue weighted by atomic mass is 10.1. The fourth-order valence-corrected chi connectivity index (χ4v) is 4.80. The first-order valence-corrected chi connectivity index (χ1v) is 12.1. The maximum atomic E-state index is 11.1. The molecule has 35 heavy (non-hydrogen) atoms. The van der Waals surface area contributed by atoms with Crippen molar-refractivity contribution in [2.24, 2.45) is 5.92 Å². The Bertz CT molecular complexity index is 1130. The molecule has 1 aromatic heterocycles. The maximum Gasteiger partial charge on any atom is 0.335 e. The Morgan fingerprint density at radius 3 is 2.46 bits per heavy atom. The van der Waals surface area contributed by atoms with E-state index in [9.17, 15) is 4.79 Å². The quantitative estimate of drug-likeness (QED) is 0.529. The van der Waals surface area contributed by atoms with E-state index >= 15 is 0 Å². The van der Waals surface area contributed by atoms with Crippen LogP contribution in [0.3, 0.4) is 0 Å². The highest BCUT2D eigenvalue weighted by atomic mass is 16.5. The molecule has 5 rings (SSSR count). The molecule has 0 aliphatic carbocycles. The van der Waals surface area contributed by atoms with Gasteiger partial charge < -0.3 is 24.4 Å². The minimum absolute atomic E-state index is 0.155. The van der Waals surface area contributed by atoms with Crippen LogP contribution >= 0.6 is 0 Å². The van der Waals surface area contributed by atoms with Gasteiger partial charge in [-0.2, -0.15) is 5.10 Å². The van der Waals surface area contributed by atoms with Crippen LogP contribution in [0.2, 0.25) is 0 Å². The Morgan fingerprint density at radius 1 is 1.09 bits per heavy atom. The number of carboxylic acids is 1. The van der Waals surface area contributed by atoms with Crippen molar-refractivity contribution in [1.29, 1.82) is 0 Å². The summed E-state index contributed by atoms with van der Waals surface area (Å²) in [4.78, 5) is 19.7. The van der Waals surface area contributed by atoms with Crippen molar-refractivity contribution in [3.8, 4) is 5.75 Å². The van der Waals surface area contributed by atoms with Gasteiger partial charge in [0, 0.05) is 43.5 Å². The number of aromatic nitrogens is 3. The molecule has 2 aliphatic rings. The summed E-state index contributed by atoms with van der Waals surface area (Å²) < 4.78 is 13.9. The SMILES string of the molecule is Cc1cc(N2CCN(c3ccc(C(=O)O)cc3)CC2)ccc1OC[C@@H]1CO[C@H](Cn2cncn2)C1. The Labute approximate surface area is 204 Å². The molecular formula is C26H31N5O4. The average molecular weight is 478 g/mol. The standard InChI is InChI=1S/C26H31N5O4/c1-19-12-23(30-10-8-29(9-11-30)22-4-2-21(3-5-22)26(32)33)6-7-25(19)35-16-20-13-24(34-15-20)14-31-18-27-17-28-31/h2-7,12,17-18,20,24H,8-11,13-16H2,1H3,(H,32,33)/t20-,24-/m0/s1. The number of ether oxygens (including phenoxy) is 2. The molecule has 0 radical (unpaired) electrons. The summed E-state index contributed by atoms with van der Waals surface area (Å²) in [6.45, 7) is 7.78. The smallest absolute Gasteiger partial charge is 0.335 e. The minimum Gasteiger partial charge on any atom is -0.493 e. The predicted molar refractivity (Wildman–Crippen MR) is 132 cm³/mol. The second kappa shape index (κ2) is 10.4. The summed E-state index contributed by atoms with van der Waals surface area (Å²) in [5.74, 6) is 0.402. The zero-order valence-corrected chi connectivity index (χ0v) is 19.9. The predicted octanol–water partition coefficient (Wildman–Crippen LogP) is 3.10. The topological polar surface area (TPSA) is 93.0 Å². The summed E-state index contributed by atoms with van der Waals surface area (Å²) in [5, 5.41) is 13.2. The largest absolute Gasteiger partial charge is 0.493 e. The number of piperazine rings is 1. The van der Waals surface area contributed by atoms with Crippen LogP contribution in [-0.4, -0.2) is 71.3 Å². The van der Waals surface area contributed by atoms with Crippen LogP contribution in [0.4, 0.5) is 11.4 Å². The van der Waals surface area contributed by atoms with Gasteiger partial charge in [0.25, 0.3) is 0 Å². The van der Waals surface area contributed by atoms with E-state index in [1.807, 2.05) is 16.8 Å². The van der Waals surface area contributed by atoms with E-state index in [1.54, 1.807) is 24.8 Å². The molecule has 3 heterocycles. The Balaban J connectivity index is 1.10. The molecule has 2 fully saturated rings. The van der Waals surface area contributed by atoms with E-state index in [-0.39, 0.29) is 6.10 Å². The zero-order valence-electron chi connectivity index (χ0n) is 19.9. The van der Waals surface area contributed by atoms with E-state index in [4.69, 9.17) is 14.6 Å². The maximum absolute atomic E-state index is 11.1. The highest BCUT2D eigenvalue weighted by Crippen LogP contribution is 2.28. The Hall–Kier alpha value is -3.59. The lowest BCUT2D eigenvalue weighted by Crippen LogP contribution is -2.46. The van der Waals surface area contributed by atoms with Crippen molar-refractivity contribution in [2.45, 2.75) is 26.0 Å². The van der Waals surface area contributed by atoms with Gasteiger partial charge in [0.05, 0.1) is 31.4 Å². The van der Waals surface area contributed by atoms with Crippen LogP contribution in [0, 0.1) is 12.8 Å². The summed E-state index contributed by atoms with van der Waals surface area (Å²) in [5.41, 5.74) is 3.71. The highest BCUT2D eigenvalue weighted by Gasteiger charge is 2.27. The summed E-state index contributed by atoms with van der Waals surface area (Å²) in [6, 6.07) is 13.5. The number of anilines is 2. The normalized spacial score (nSPS) is 20.3. The highest BCUT2D eigenvalue weighted by molar-refractivity contribution is 5.88. The first kappa shape index (κ1) is 23.2. The molecule has 3 aromatic rings. The molecule has 9 heteroatoms. The number of hydrogen-bond donors (Lipinski definition) is 1. The Morgan fingerprint density at radius 2 is 1.80 bits per heavy atom. The van der Waals surface area contributed by atoms with E-state index in [0.29, 0.717) is 24.7 Å². The monoisotopic (exact) mass is 477 g/mol. The molecule has 1 N–H and O–H groups in total. The average Bonchev–Trinajstić information content (AvgIpc) is 3.56. The van der Waals surface area contributed by atoms with E-state index in [2.05, 4.69) is 45.0 Å². The van der Waals surface area contributed by atoms with Gasteiger partial charge in [-0.05, 0) is 61.4 Å². The lowest BCUT2D eigenvalue weighted by molar-refractivity contribution is 0.0697. The number of aromatic carboxylic acids is 1. The van der Waals surface area contributed by atoms with E-state index in [0.717, 1.165) is 56.1 Å². The van der Waals surface area contributed by atoms with Gasteiger partial charge in [-0.1, -0.05) is 0 Å². The lowest BCUT2D eigenvalue weighted by Gasteiger charge is -2.37. The molecule has 0 spiro atoms. The van der Waals surface area contributed by atoms with Crippen molar-refractivity contribution < 1.29 is 19.4 Å². The second-order valence-electron chi connectivity index (χ2n) is 9.26. The first-order valence-electron chi connectivity index (χ1n) is 12.1. The number of nitrogens with zero attached hydrogens (tertiary/aromatic N) is 5. The number of aryl methyl sites for hydroxylation is 1. The van der Waals surface area contributed by atoms with Gasteiger partial charge in [-0.25, -0.2) is 9.78 Å². The van der Waals surface area contributed by atoms with Gasteiger partial charge in [-0.3, -0.25) is 4.68 Å². The molecule has 2 aliphatic heterocycles. The van der Waals surface area contributed by atoms with Gasteiger partial charge in [-0.15, -0.1) is 0 Å². The van der Waals surface area contributed by atoms with Gasteiger partial charge in [0.15, 0.2) is 0 Å². The summed E-state index contributed by atoms with van der Waals surface area (Å²) >= 11 is 0. The number of rotatable bonds is 8. The first-order chi connectivity index (χ1) is 17.0. The number of hydrogen-bond acceptors (Lipinski definition) is 7. The number of carbonyl (C=O) groups is 1.